The topological polar surface area (TPSA) is 40.2 Å². The van der Waals surface area contributed by atoms with Gasteiger partial charge >= 0.3 is 0 Å². The lowest BCUT2D eigenvalue weighted by molar-refractivity contribution is 0.0505. The van der Waals surface area contributed by atoms with Crippen molar-refractivity contribution in [3.05, 3.63) is 35.9 Å². The SMILES string of the molecule is CN(C)CCCC([O])C(=O)c1ccccc1. The van der Waals surface area contributed by atoms with Crippen LogP contribution in [0, 0.1) is 0 Å². The molecule has 0 saturated heterocycles. The van der Waals surface area contributed by atoms with Crippen molar-refractivity contribution in [1.82, 2.24) is 4.90 Å². The maximum Gasteiger partial charge on any atom is 0.194 e. The highest BCUT2D eigenvalue weighted by atomic mass is 16.3. The highest BCUT2D eigenvalue weighted by Gasteiger charge is 2.17. The summed E-state index contributed by atoms with van der Waals surface area (Å²) < 4.78 is 0. The predicted octanol–water partition coefficient (Wildman–Crippen LogP) is 2.01. The molecule has 0 amide bonds. The number of carbonyl (C=O) groups excluding carboxylic acids is 1. The average molecular weight is 220 g/mol. The van der Waals surface area contributed by atoms with Crippen LogP contribution in [0.1, 0.15) is 23.2 Å². The maximum atomic E-state index is 11.7. The molecule has 0 aliphatic rings. The van der Waals surface area contributed by atoms with Crippen molar-refractivity contribution >= 4 is 5.78 Å². The van der Waals surface area contributed by atoms with Crippen LogP contribution >= 0.6 is 0 Å². The summed E-state index contributed by atoms with van der Waals surface area (Å²) in [6, 6.07) is 8.78. The van der Waals surface area contributed by atoms with Crippen LogP contribution in [0.5, 0.6) is 0 Å². The number of hydrogen-bond donors (Lipinski definition) is 0. The fourth-order valence-corrected chi connectivity index (χ4v) is 1.51. The van der Waals surface area contributed by atoms with Crippen LogP contribution in [0.2, 0.25) is 0 Å². The summed E-state index contributed by atoms with van der Waals surface area (Å²) in [7, 11) is 3.91. The third-order valence-electron chi connectivity index (χ3n) is 2.42. The van der Waals surface area contributed by atoms with E-state index in [2.05, 4.69) is 0 Å². The van der Waals surface area contributed by atoms with Crippen LogP contribution < -0.4 is 0 Å². The minimum Gasteiger partial charge on any atom is -0.309 e. The van der Waals surface area contributed by atoms with Gasteiger partial charge in [0.2, 0.25) is 0 Å². The quantitative estimate of drug-likeness (QED) is 0.688. The van der Waals surface area contributed by atoms with E-state index in [0.717, 1.165) is 13.0 Å². The van der Waals surface area contributed by atoms with Crippen molar-refractivity contribution in [3.8, 4) is 0 Å². The molecule has 0 bridgehead atoms. The molecule has 1 aromatic rings. The zero-order valence-corrected chi connectivity index (χ0v) is 9.85. The Labute approximate surface area is 96.7 Å². The number of hydrogen-bond acceptors (Lipinski definition) is 2. The molecule has 0 heterocycles. The summed E-state index contributed by atoms with van der Waals surface area (Å²) in [5, 5.41) is 11.6. The van der Waals surface area contributed by atoms with Crippen molar-refractivity contribution in [1.29, 1.82) is 0 Å². The number of Topliss-reactive ketones (excluding diaryl/α,β-unsaturated/α-hetero) is 1. The Bertz CT molecular complexity index is 322. The molecule has 0 aromatic heterocycles. The molecule has 0 aliphatic carbocycles. The van der Waals surface area contributed by atoms with E-state index >= 15 is 0 Å². The van der Waals surface area contributed by atoms with Gasteiger partial charge in [-0.05, 0) is 33.5 Å². The zero-order valence-electron chi connectivity index (χ0n) is 9.85. The monoisotopic (exact) mass is 220 g/mol. The Balaban J connectivity index is 2.43. The lowest BCUT2D eigenvalue weighted by Crippen LogP contribution is -2.21. The van der Waals surface area contributed by atoms with Gasteiger partial charge in [0, 0.05) is 5.56 Å². The van der Waals surface area contributed by atoms with Crippen molar-refractivity contribution in [2.75, 3.05) is 20.6 Å². The average Bonchev–Trinajstić information content (AvgIpc) is 2.28. The molecule has 0 N–H and O–H groups in total. The molecule has 1 unspecified atom stereocenters. The second kappa shape index (κ2) is 6.40. The van der Waals surface area contributed by atoms with E-state index in [1.807, 2.05) is 25.1 Å². The molecule has 1 atom stereocenters. The van der Waals surface area contributed by atoms with Gasteiger partial charge in [-0.15, -0.1) is 0 Å². The van der Waals surface area contributed by atoms with Crippen LogP contribution in [-0.2, 0) is 5.11 Å². The molecule has 1 radical (unpaired) electrons. The number of nitrogens with zero attached hydrogens (tertiary/aromatic N) is 1. The minimum atomic E-state index is -1.12. The highest BCUT2D eigenvalue weighted by molar-refractivity contribution is 5.99. The summed E-state index contributed by atoms with van der Waals surface area (Å²) in [6.45, 7) is 0.848. The first-order chi connectivity index (χ1) is 7.61. The van der Waals surface area contributed by atoms with Crippen LogP contribution in [0.15, 0.2) is 30.3 Å². The van der Waals surface area contributed by atoms with E-state index in [0.29, 0.717) is 12.0 Å². The first-order valence-electron chi connectivity index (χ1n) is 5.51. The van der Waals surface area contributed by atoms with Gasteiger partial charge < -0.3 is 4.90 Å². The molecular formula is C13H18NO2. The summed E-state index contributed by atoms with van der Waals surface area (Å²) >= 11 is 0. The van der Waals surface area contributed by atoms with Gasteiger partial charge in [0.25, 0.3) is 0 Å². The smallest absolute Gasteiger partial charge is 0.194 e. The standard InChI is InChI=1S/C13H18NO2/c1-14(2)10-6-9-12(15)13(16)11-7-4-3-5-8-11/h3-5,7-8,12H,6,9-10H2,1-2H3. The van der Waals surface area contributed by atoms with Crippen molar-refractivity contribution in [2.24, 2.45) is 0 Å². The predicted molar refractivity (Wildman–Crippen MR) is 63.0 cm³/mol. The fraction of sp³-hybridized carbons (Fsp3) is 0.462. The largest absolute Gasteiger partial charge is 0.309 e. The lowest BCUT2D eigenvalue weighted by Gasteiger charge is -2.11. The van der Waals surface area contributed by atoms with E-state index in [9.17, 15) is 9.90 Å². The van der Waals surface area contributed by atoms with Crippen LogP contribution in [0.3, 0.4) is 0 Å². The normalized spacial score (nSPS) is 12.8. The second-order valence-corrected chi connectivity index (χ2v) is 4.16. The molecule has 1 rings (SSSR count). The van der Waals surface area contributed by atoms with E-state index in [1.54, 1.807) is 24.3 Å². The number of benzene rings is 1. The number of carbonyl (C=O) groups is 1. The Morgan fingerprint density at radius 3 is 2.44 bits per heavy atom. The number of rotatable bonds is 6. The van der Waals surface area contributed by atoms with Gasteiger partial charge in [0.1, 0.15) is 0 Å². The second-order valence-electron chi connectivity index (χ2n) is 4.16. The Morgan fingerprint density at radius 2 is 1.88 bits per heavy atom. The highest BCUT2D eigenvalue weighted by Crippen LogP contribution is 2.08. The van der Waals surface area contributed by atoms with Gasteiger partial charge in [-0.2, -0.15) is 0 Å². The molecule has 16 heavy (non-hydrogen) atoms. The third kappa shape index (κ3) is 4.13. The van der Waals surface area contributed by atoms with Crippen molar-refractivity contribution in [2.45, 2.75) is 18.9 Å². The molecule has 0 aliphatic heterocycles. The van der Waals surface area contributed by atoms with Gasteiger partial charge in [-0.3, -0.25) is 4.79 Å². The first-order valence-corrected chi connectivity index (χ1v) is 5.51. The van der Waals surface area contributed by atoms with Crippen LogP contribution in [0.4, 0.5) is 0 Å². The van der Waals surface area contributed by atoms with Crippen LogP contribution in [0.25, 0.3) is 0 Å². The van der Waals surface area contributed by atoms with E-state index in [4.69, 9.17) is 0 Å². The third-order valence-corrected chi connectivity index (χ3v) is 2.42. The van der Waals surface area contributed by atoms with E-state index in [-0.39, 0.29) is 5.78 Å². The van der Waals surface area contributed by atoms with Gasteiger partial charge in [0.05, 0.1) is 0 Å². The molecule has 1 aromatic carbocycles. The van der Waals surface area contributed by atoms with E-state index in [1.165, 1.54) is 0 Å². The lowest BCUT2D eigenvalue weighted by atomic mass is 10.0. The molecule has 87 valence electrons. The first kappa shape index (κ1) is 12.9. The zero-order chi connectivity index (χ0) is 12.0. The molecule has 3 heteroatoms. The molecule has 3 nitrogen and oxygen atoms in total. The molecular weight excluding hydrogens is 202 g/mol. The summed E-state index contributed by atoms with van der Waals surface area (Å²) in [5.41, 5.74) is 0.521. The molecule has 0 saturated carbocycles. The van der Waals surface area contributed by atoms with Crippen molar-refractivity contribution in [3.63, 3.8) is 0 Å². The van der Waals surface area contributed by atoms with Crippen molar-refractivity contribution < 1.29 is 9.90 Å². The maximum absolute atomic E-state index is 11.7. The molecule has 0 spiro atoms. The summed E-state index contributed by atoms with van der Waals surface area (Å²) in [6.07, 6.45) is 0.0494. The Morgan fingerprint density at radius 1 is 1.25 bits per heavy atom. The fourth-order valence-electron chi connectivity index (χ4n) is 1.51. The minimum absolute atomic E-state index is 0.292. The van der Waals surface area contributed by atoms with Crippen LogP contribution in [-0.4, -0.2) is 37.4 Å². The Kier molecular flexibility index (Phi) is 5.15. The van der Waals surface area contributed by atoms with Gasteiger partial charge in [-0.25, -0.2) is 5.11 Å². The summed E-state index contributed by atoms with van der Waals surface area (Å²) in [5.74, 6) is -0.292. The van der Waals surface area contributed by atoms with E-state index < -0.39 is 6.10 Å². The number of ketones is 1. The van der Waals surface area contributed by atoms with Gasteiger partial charge in [-0.1, -0.05) is 30.3 Å². The van der Waals surface area contributed by atoms with Gasteiger partial charge in [0.15, 0.2) is 11.9 Å². The summed E-state index contributed by atoms with van der Waals surface area (Å²) in [4.78, 5) is 13.7. The Hall–Kier alpha value is -1.19. The molecule has 0 fully saturated rings.